The fourth-order valence-electron chi connectivity index (χ4n) is 4.54. The smallest absolute Gasteiger partial charge is 0.0718 e. The highest BCUT2D eigenvalue weighted by atomic mass is 28.3. The molecule has 0 fully saturated rings. The molecule has 0 heterocycles. The summed E-state index contributed by atoms with van der Waals surface area (Å²) >= 11 is 0. The summed E-state index contributed by atoms with van der Waals surface area (Å²) in [4.78, 5) is 0. The molecule has 22 heavy (non-hydrogen) atoms. The van der Waals surface area contributed by atoms with Crippen LogP contribution in [0.25, 0.3) is 12.2 Å². The van der Waals surface area contributed by atoms with Crippen LogP contribution >= 0.6 is 0 Å². The average Bonchev–Trinajstić information content (AvgIpc) is 3.07. The SMILES string of the molecule is CC1=Cc2ccccc2C1[Si](C)(C)C1C=Cc2ccccc21. The van der Waals surface area contributed by atoms with Gasteiger partial charge in [-0.05, 0) is 34.7 Å². The fourth-order valence-corrected chi connectivity index (χ4v) is 8.88. The molecule has 0 radical (unpaired) electrons. The molecule has 2 atom stereocenters. The van der Waals surface area contributed by atoms with Crippen LogP contribution in [0.4, 0.5) is 0 Å². The predicted octanol–water partition coefficient (Wildman–Crippen LogP) is 5.78. The van der Waals surface area contributed by atoms with Gasteiger partial charge in [0.25, 0.3) is 0 Å². The number of rotatable bonds is 2. The van der Waals surface area contributed by atoms with E-state index >= 15 is 0 Å². The maximum Gasteiger partial charge on any atom is 0.0718 e. The molecule has 0 bridgehead atoms. The van der Waals surface area contributed by atoms with E-state index in [4.69, 9.17) is 0 Å². The highest BCUT2D eigenvalue weighted by Crippen LogP contribution is 2.49. The third-order valence-corrected chi connectivity index (χ3v) is 9.85. The number of benzene rings is 2. The quantitative estimate of drug-likeness (QED) is 0.616. The summed E-state index contributed by atoms with van der Waals surface area (Å²) in [7, 11) is -1.56. The zero-order valence-electron chi connectivity index (χ0n) is 13.5. The van der Waals surface area contributed by atoms with Crippen molar-refractivity contribution in [3.05, 3.63) is 82.4 Å². The topological polar surface area (TPSA) is 0 Å². The summed E-state index contributed by atoms with van der Waals surface area (Å²) < 4.78 is 0. The molecule has 0 aliphatic heterocycles. The van der Waals surface area contributed by atoms with E-state index in [1.165, 1.54) is 16.7 Å². The van der Waals surface area contributed by atoms with Gasteiger partial charge in [-0.15, -0.1) is 0 Å². The number of allylic oxidation sites excluding steroid dienone is 2. The first kappa shape index (κ1) is 13.8. The maximum atomic E-state index is 2.56. The zero-order chi connectivity index (χ0) is 15.3. The summed E-state index contributed by atoms with van der Waals surface area (Å²) in [5, 5.41) is 0. The van der Waals surface area contributed by atoms with Crippen molar-refractivity contribution in [3.8, 4) is 0 Å². The number of hydrogen-bond donors (Lipinski definition) is 0. The molecule has 0 saturated heterocycles. The van der Waals surface area contributed by atoms with E-state index < -0.39 is 8.07 Å². The van der Waals surface area contributed by atoms with Gasteiger partial charge >= 0.3 is 0 Å². The molecule has 0 N–H and O–H groups in total. The van der Waals surface area contributed by atoms with Gasteiger partial charge in [0.05, 0.1) is 8.07 Å². The van der Waals surface area contributed by atoms with Crippen LogP contribution < -0.4 is 0 Å². The molecule has 0 amide bonds. The molecular formula is C21H22Si. The Labute approximate surface area is 134 Å². The Balaban J connectivity index is 1.80. The van der Waals surface area contributed by atoms with Crippen LogP contribution in [0.15, 0.2) is 60.2 Å². The first-order valence-corrected chi connectivity index (χ1v) is 11.3. The lowest BCUT2D eigenvalue weighted by Crippen LogP contribution is -2.41. The van der Waals surface area contributed by atoms with Crippen LogP contribution in [0.5, 0.6) is 0 Å². The van der Waals surface area contributed by atoms with Gasteiger partial charge in [-0.3, -0.25) is 0 Å². The molecule has 2 aliphatic carbocycles. The Bertz CT molecular complexity index is 795. The van der Waals surface area contributed by atoms with Crippen molar-refractivity contribution in [2.75, 3.05) is 0 Å². The Morgan fingerprint density at radius 1 is 0.818 bits per heavy atom. The second kappa shape index (κ2) is 4.82. The lowest BCUT2D eigenvalue weighted by atomic mass is 10.1. The predicted molar refractivity (Wildman–Crippen MR) is 98.5 cm³/mol. The molecule has 4 rings (SSSR count). The molecule has 2 aromatic rings. The van der Waals surface area contributed by atoms with E-state index in [0.29, 0.717) is 11.1 Å². The molecule has 110 valence electrons. The van der Waals surface area contributed by atoms with Crippen LogP contribution in [-0.4, -0.2) is 8.07 Å². The molecule has 0 nitrogen and oxygen atoms in total. The minimum absolute atomic E-state index is 0.614. The second-order valence-corrected chi connectivity index (χ2v) is 12.1. The second-order valence-electron chi connectivity index (χ2n) is 7.24. The minimum atomic E-state index is -1.56. The van der Waals surface area contributed by atoms with Crippen molar-refractivity contribution < 1.29 is 0 Å². The monoisotopic (exact) mass is 302 g/mol. The Morgan fingerprint density at radius 2 is 1.45 bits per heavy atom. The summed E-state index contributed by atoms with van der Waals surface area (Å²) in [6.07, 6.45) is 7.19. The first-order chi connectivity index (χ1) is 10.6. The van der Waals surface area contributed by atoms with Gasteiger partial charge in [-0.2, -0.15) is 0 Å². The van der Waals surface area contributed by atoms with Crippen LogP contribution in [0.1, 0.15) is 40.3 Å². The molecular weight excluding hydrogens is 280 g/mol. The largest absolute Gasteiger partial charge is 0.0791 e. The van der Waals surface area contributed by atoms with Crippen molar-refractivity contribution in [1.29, 1.82) is 0 Å². The Kier molecular flexibility index (Phi) is 3.02. The number of fused-ring (bicyclic) bond motifs is 2. The van der Waals surface area contributed by atoms with Crippen molar-refractivity contribution in [1.82, 2.24) is 0 Å². The number of hydrogen-bond acceptors (Lipinski definition) is 0. The molecule has 2 aliphatic rings. The van der Waals surface area contributed by atoms with E-state index in [2.05, 4.69) is 86.8 Å². The van der Waals surface area contributed by atoms with Gasteiger partial charge in [0.15, 0.2) is 0 Å². The lowest BCUT2D eigenvalue weighted by Gasteiger charge is -2.37. The van der Waals surface area contributed by atoms with Crippen LogP contribution in [-0.2, 0) is 0 Å². The molecule has 2 aromatic carbocycles. The summed E-state index contributed by atoms with van der Waals surface area (Å²) in [5.41, 5.74) is 8.73. The Hall–Kier alpha value is -1.86. The van der Waals surface area contributed by atoms with Gasteiger partial charge in [0.1, 0.15) is 0 Å². The molecule has 0 spiro atoms. The normalized spacial score (nSPS) is 22.4. The van der Waals surface area contributed by atoms with Crippen molar-refractivity contribution in [3.63, 3.8) is 0 Å². The van der Waals surface area contributed by atoms with E-state index in [9.17, 15) is 0 Å². The van der Waals surface area contributed by atoms with Gasteiger partial charge in [0, 0.05) is 5.54 Å². The Morgan fingerprint density at radius 3 is 2.23 bits per heavy atom. The highest BCUT2D eigenvalue weighted by molar-refractivity contribution is 6.81. The van der Waals surface area contributed by atoms with E-state index in [1.54, 1.807) is 11.1 Å². The maximum absolute atomic E-state index is 2.56. The average molecular weight is 302 g/mol. The lowest BCUT2D eigenvalue weighted by molar-refractivity contribution is 1.00. The molecule has 0 saturated carbocycles. The summed E-state index contributed by atoms with van der Waals surface area (Å²) in [5.74, 6) is 0. The van der Waals surface area contributed by atoms with Crippen molar-refractivity contribution in [2.45, 2.75) is 31.1 Å². The highest BCUT2D eigenvalue weighted by Gasteiger charge is 2.44. The van der Waals surface area contributed by atoms with Crippen molar-refractivity contribution >= 4 is 20.2 Å². The first-order valence-electron chi connectivity index (χ1n) is 8.13. The fraction of sp³-hybridized carbons (Fsp3) is 0.238. The zero-order valence-corrected chi connectivity index (χ0v) is 14.5. The van der Waals surface area contributed by atoms with Gasteiger partial charge in [0.2, 0.25) is 0 Å². The summed E-state index contributed by atoms with van der Waals surface area (Å²) in [6.45, 7) is 7.45. The van der Waals surface area contributed by atoms with Crippen LogP contribution in [0.2, 0.25) is 13.1 Å². The van der Waals surface area contributed by atoms with E-state index in [0.717, 1.165) is 0 Å². The van der Waals surface area contributed by atoms with Gasteiger partial charge < -0.3 is 0 Å². The minimum Gasteiger partial charge on any atom is -0.0791 e. The third kappa shape index (κ3) is 1.89. The molecule has 0 aromatic heterocycles. The van der Waals surface area contributed by atoms with Crippen LogP contribution in [0, 0.1) is 0 Å². The van der Waals surface area contributed by atoms with Crippen LogP contribution in [0.3, 0.4) is 0 Å². The van der Waals surface area contributed by atoms with Crippen molar-refractivity contribution in [2.24, 2.45) is 0 Å². The van der Waals surface area contributed by atoms with Gasteiger partial charge in [-0.1, -0.05) is 85.4 Å². The molecule has 2 unspecified atom stereocenters. The van der Waals surface area contributed by atoms with E-state index in [-0.39, 0.29) is 0 Å². The standard InChI is InChI=1S/C21H22Si/c1-15-14-17-9-5-7-11-19(17)21(15)22(2,3)20-13-12-16-8-4-6-10-18(16)20/h4-14,20-21H,1-3H3. The third-order valence-electron chi connectivity index (χ3n) is 5.49. The molecule has 1 heteroatoms. The van der Waals surface area contributed by atoms with Gasteiger partial charge in [-0.25, -0.2) is 0 Å². The van der Waals surface area contributed by atoms with E-state index in [1.807, 2.05) is 0 Å². The summed E-state index contributed by atoms with van der Waals surface area (Å²) in [6, 6.07) is 17.9.